The van der Waals surface area contributed by atoms with E-state index in [1.807, 2.05) is 36.2 Å². The van der Waals surface area contributed by atoms with E-state index in [2.05, 4.69) is 41.6 Å². The number of hydrogen-bond donors (Lipinski definition) is 2. The average molecular weight is 273 g/mol. The lowest BCUT2D eigenvalue weighted by molar-refractivity contribution is 0.569. The molecule has 1 unspecified atom stereocenters. The zero-order chi connectivity index (χ0) is 13.5. The van der Waals surface area contributed by atoms with Crippen molar-refractivity contribution in [1.29, 1.82) is 0 Å². The first-order valence-corrected chi connectivity index (χ1v) is 7.32. The van der Waals surface area contributed by atoms with Crippen molar-refractivity contribution < 1.29 is 0 Å². The summed E-state index contributed by atoms with van der Waals surface area (Å²) in [6, 6.07) is 14.6. The number of nitrogens with two attached hydrogens (primary N) is 1. The minimum atomic E-state index is 0.222. The molecule has 0 saturated carbocycles. The lowest BCUT2D eigenvalue weighted by Gasteiger charge is -2.15. The number of hydrazine groups is 1. The van der Waals surface area contributed by atoms with E-state index in [4.69, 9.17) is 5.84 Å². The third-order valence-corrected chi connectivity index (χ3v) is 4.29. The van der Waals surface area contributed by atoms with Crippen molar-refractivity contribution in [2.24, 2.45) is 5.84 Å². The number of nitrogens with zero attached hydrogens (tertiary/aromatic N) is 1. The summed E-state index contributed by atoms with van der Waals surface area (Å²) in [5, 5.41) is 0. The van der Waals surface area contributed by atoms with Crippen molar-refractivity contribution in [3.63, 3.8) is 0 Å². The Hall–Kier alpha value is -1.36. The van der Waals surface area contributed by atoms with E-state index in [1.54, 1.807) is 0 Å². The van der Waals surface area contributed by atoms with Crippen LogP contribution in [0.25, 0.3) is 0 Å². The van der Waals surface area contributed by atoms with E-state index in [1.165, 1.54) is 10.5 Å². The highest BCUT2D eigenvalue weighted by Gasteiger charge is 2.09. The zero-order valence-corrected chi connectivity index (χ0v) is 11.9. The van der Waals surface area contributed by atoms with Crippen molar-refractivity contribution in [2.45, 2.75) is 24.3 Å². The first kappa shape index (κ1) is 14.1. The maximum atomic E-state index is 5.63. The number of thioether (sulfide) groups is 1. The standard InChI is InChI=1S/C15H19N3S/c1-12-6-2-3-8-15(12)19-11-14(18-16)10-13-7-4-5-9-17-13/h2-9,14,18H,10-11,16H2,1H3. The van der Waals surface area contributed by atoms with Gasteiger partial charge in [-0.2, -0.15) is 0 Å². The Labute approximate surface area is 118 Å². The largest absolute Gasteiger partial charge is 0.271 e. The molecule has 3 nitrogen and oxygen atoms in total. The van der Waals surface area contributed by atoms with Gasteiger partial charge in [-0.05, 0) is 30.7 Å². The smallest absolute Gasteiger partial charge is 0.0419 e. The van der Waals surface area contributed by atoms with E-state index in [0.29, 0.717) is 0 Å². The molecule has 0 saturated heterocycles. The van der Waals surface area contributed by atoms with Crippen LogP contribution < -0.4 is 11.3 Å². The number of aryl methyl sites for hydroxylation is 1. The third-order valence-electron chi connectivity index (χ3n) is 2.95. The molecule has 0 aliphatic rings. The lowest BCUT2D eigenvalue weighted by atomic mass is 10.2. The fourth-order valence-corrected chi connectivity index (χ4v) is 2.91. The molecule has 4 heteroatoms. The Morgan fingerprint density at radius 2 is 2.00 bits per heavy atom. The van der Waals surface area contributed by atoms with Gasteiger partial charge in [-0.1, -0.05) is 24.3 Å². The normalized spacial score (nSPS) is 12.3. The highest BCUT2D eigenvalue weighted by molar-refractivity contribution is 7.99. The van der Waals surface area contributed by atoms with Crippen molar-refractivity contribution in [1.82, 2.24) is 10.4 Å². The fourth-order valence-electron chi connectivity index (χ4n) is 1.85. The van der Waals surface area contributed by atoms with Gasteiger partial charge in [0.1, 0.15) is 0 Å². The molecule has 0 radical (unpaired) electrons. The van der Waals surface area contributed by atoms with Crippen LogP contribution in [0.2, 0.25) is 0 Å². The van der Waals surface area contributed by atoms with Gasteiger partial charge in [-0.15, -0.1) is 11.8 Å². The Morgan fingerprint density at radius 3 is 2.68 bits per heavy atom. The zero-order valence-electron chi connectivity index (χ0n) is 11.0. The molecule has 2 aromatic rings. The monoisotopic (exact) mass is 273 g/mol. The molecular weight excluding hydrogens is 254 g/mol. The summed E-state index contributed by atoms with van der Waals surface area (Å²) in [5.74, 6) is 6.56. The van der Waals surface area contributed by atoms with Crippen LogP contribution in [0.5, 0.6) is 0 Å². The number of benzene rings is 1. The van der Waals surface area contributed by atoms with Crippen LogP contribution in [0.15, 0.2) is 53.6 Å². The Balaban J connectivity index is 1.91. The van der Waals surface area contributed by atoms with Crippen LogP contribution in [0.1, 0.15) is 11.3 Å². The van der Waals surface area contributed by atoms with Gasteiger partial charge in [0.25, 0.3) is 0 Å². The molecule has 0 aliphatic carbocycles. The molecule has 3 N–H and O–H groups in total. The number of nitrogens with one attached hydrogen (secondary N) is 1. The first-order chi connectivity index (χ1) is 9.29. The second-order valence-electron chi connectivity index (χ2n) is 4.47. The maximum Gasteiger partial charge on any atom is 0.0419 e. The van der Waals surface area contributed by atoms with Crippen LogP contribution in [0, 0.1) is 6.92 Å². The van der Waals surface area contributed by atoms with E-state index < -0.39 is 0 Å². The third kappa shape index (κ3) is 4.35. The molecular formula is C15H19N3S. The molecule has 1 heterocycles. The predicted octanol–water partition coefficient (Wildman–Crippen LogP) is 2.56. The van der Waals surface area contributed by atoms with Gasteiger partial charge in [0.2, 0.25) is 0 Å². The van der Waals surface area contributed by atoms with Crippen LogP contribution in [0.3, 0.4) is 0 Å². The molecule has 0 amide bonds. The lowest BCUT2D eigenvalue weighted by Crippen LogP contribution is -2.38. The number of hydrogen-bond acceptors (Lipinski definition) is 4. The fraction of sp³-hybridized carbons (Fsp3) is 0.267. The predicted molar refractivity (Wildman–Crippen MR) is 81.0 cm³/mol. The molecule has 0 fully saturated rings. The second kappa shape index (κ2) is 7.28. The minimum Gasteiger partial charge on any atom is -0.271 e. The SMILES string of the molecule is Cc1ccccc1SCC(Cc1ccccn1)NN. The molecule has 19 heavy (non-hydrogen) atoms. The van der Waals surface area contributed by atoms with Crippen LogP contribution in [-0.2, 0) is 6.42 Å². The van der Waals surface area contributed by atoms with Crippen LogP contribution >= 0.6 is 11.8 Å². The van der Waals surface area contributed by atoms with Crippen LogP contribution in [0.4, 0.5) is 0 Å². The van der Waals surface area contributed by atoms with Gasteiger partial charge in [-0.25, -0.2) is 0 Å². The molecule has 1 aromatic heterocycles. The van der Waals surface area contributed by atoms with Gasteiger partial charge >= 0.3 is 0 Å². The summed E-state index contributed by atoms with van der Waals surface area (Å²) in [7, 11) is 0. The topological polar surface area (TPSA) is 50.9 Å². The number of aromatic nitrogens is 1. The van der Waals surface area contributed by atoms with Crippen molar-refractivity contribution >= 4 is 11.8 Å². The molecule has 1 aromatic carbocycles. The molecule has 2 rings (SSSR count). The summed E-state index contributed by atoms with van der Waals surface area (Å²) >= 11 is 1.83. The summed E-state index contributed by atoms with van der Waals surface area (Å²) in [4.78, 5) is 5.64. The molecule has 0 aliphatic heterocycles. The molecule has 0 bridgehead atoms. The highest BCUT2D eigenvalue weighted by Crippen LogP contribution is 2.22. The van der Waals surface area contributed by atoms with E-state index >= 15 is 0 Å². The second-order valence-corrected chi connectivity index (χ2v) is 5.53. The molecule has 0 spiro atoms. The Bertz CT molecular complexity index is 502. The maximum absolute atomic E-state index is 5.63. The first-order valence-electron chi connectivity index (χ1n) is 6.34. The van der Waals surface area contributed by atoms with Crippen molar-refractivity contribution in [3.8, 4) is 0 Å². The van der Waals surface area contributed by atoms with E-state index in [0.717, 1.165) is 17.9 Å². The van der Waals surface area contributed by atoms with Gasteiger partial charge in [0, 0.05) is 35.0 Å². The van der Waals surface area contributed by atoms with E-state index in [9.17, 15) is 0 Å². The van der Waals surface area contributed by atoms with Gasteiger partial charge in [0.05, 0.1) is 0 Å². The van der Waals surface area contributed by atoms with Crippen LogP contribution in [-0.4, -0.2) is 16.8 Å². The Morgan fingerprint density at radius 1 is 1.21 bits per heavy atom. The number of rotatable bonds is 6. The minimum absolute atomic E-state index is 0.222. The average Bonchev–Trinajstić information content (AvgIpc) is 2.46. The number of pyridine rings is 1. The summed E-state index contributed by atoms with van der Waals surface area (Å²) in [6.07, 6.45) is 2.66. The summed E-state index contributed by atoms with van der Waals surface area (Å²) < 4.78 is 0. The van der Waals surface area contributed by atoms with Crippen molar-refractivity contribution in [2.75, 3.05) is 5.75 Å². The molecule has 1 atom stereocenters. The Kier molecular flexibility index (Phi) is 5.39. The molecule has 100 valence electrons. The van der Waals surface area contributed by atoms with Gasteiger partial charge < -0.3 is 0 Å². The highest BCUT2D eigenvalue weighted by atomic mass is 32.2. The van der Waals surface area contributed by atoms with Gasteiger partial charge in [0.15, 0.2) is 0 Å². The summed E-state index contributed by atoms with van der Waals surface area (Å²) in [6.45, 7) is 2.13. The quantitative estimate of drug-likeness (QED) is 0.482. The van der Waals surface area contributed by atoms with Gasteiger partial charge in [-0.3, -0.25) is 16.3 Å². The van der Waals surface area contributed by atoms with Crippen molar-refractivity contribution in [3.05, 3.63) is 59.9 Å². The van der Waals surface area contributed by atoms with E-state index in [-0.39, 0.29) is 6.04 Å². The summed E-state index contributed by atoms with van der Waals surface area (Å²) in [5.41, 5.74) is 5.25.